The fourth-order valence-electron chi connectivity index (χ4n) is 1.95. The summed E-state index contributed by atoms with van der Waals surface area (Å²) in [5.41, 5.74) is -0.857. The van der Waals surface area contributed by atoms with Crippen LogP contribution in [0.15, 0.2) is 48.3 Å². The number of benzene rings is 1. The summed E-state index contributed by atoms with van der Waals surface area (Å²) in [6.45, 7) is 1.26. The van der Waals surface area contributed by atoms with Gasteiger partial charge in [-0.1, -0.05) is 17.7 Å². The zero-order chi connectivity index (χ0) is 21.1. The third-order valence-corrected chi connectivity index (χ3v) is 3.42. The quantitative estimate of drug-likeness (QED) is 0.473. The molecule has 2 rings (SSSR count). The van der Waals surface area contributed by atoms with Gasteiger partial charge in [0.15, 0.2) is 0 Å². The monoisotopic (exact) mass is 424 g/mol. The number of pyridine rings is 1. The Bertz CT molecular complexity index is 909. The first kappa shape index (κ1) is 21.5. The number of nitrogens with zero attached hydrogens (tertiary/aromatic N) is 1. The average molecular weight is 425 g/mol. The number of alkyl halides is 6. The highest BCUT2D eigenvalue weighted by atomic mass is 35.5. The number of aromatic nitrogens is 1. The third-order valence-electron chi connectivity index (χ3n) is 3.15. The van der Waals surface area contributed by atoms with Gasteiger partial charge in [0.1, 0.15) is 10.8 Å². The predicted molar refractivity (Wildman–Crippen MR) is 89.2 cm³/mol. The Morgan fingerprint density at radius 3 is 2.43 bits per heavy atom. The molecule has 0 unspecified atom stereocenters. The second kappa shape index (κ2) is 8.09. The lowest BCUT2D eigenvalue weighted by Gasteiger charge is -2.12. The first-order chi connectivity index (χ1) is 12.9. The maximum Gasteiger partial charge on any atom is 0.454 e. The van der Waals surface area contributed by atoms with Crippen LogP contribution in [0.25, 0.3) is 0 Å². The van der Waals surface area contributed by atoms with Crippen LogP contribution >= 0.6 is 11.6 Å². The molecule has 0 bridgehead atoms. The Balaban J connectivity index is 2.16. The second-order valence-corrected chi connectivity index (χ2v) is 5.86. The molecule has 0 spiro atoms. The average Bonchev–Trinajstić information content (AvgIpc) is 2.55. The molecule has 0 atom stereocenters. The molecule has 0 fully saturated rings. The van der Waals surface area contributed by atoms with Crippen molar-refractivity contribution in [3.8, 4) is 11.6 Å². The van der Waals surface area contributed by atoms with Crippen molar-refractivity contribution in [1.29, 1.82) is 0 Å². The van der Waals surface area contributed by atoms with Gasteiger partial charge in [-0.2, -0.15) is 26.3 Å². The highest BCUT2D eigenvalue weighted by Gasteiger charge is 2.36. The molecule has 2 aromatic rings. The van der Waals surface area contributed by atoms with Gasteiger partial charge in [0.05, 0.1) is 5.56 Å². The van der Waals surface area contributed by atoms with Crippen molar-refractivity contribution in [3.63, 3.8) is 0 Å². The molecule has 0 saturated heterocycles. The van der Waals surface area contributed by atoms with Crippen molar-refractivity contribution in [3.05, 3.63) is 58.9 Å². The summed E-state index contributed by atoms with van der Waals surface area (Å²) < 4.78 is 80.0. The van der Waals surface area contributed by atoms with Gasteiger partial charge in [0.25, 0.3) is 5.78 Å². The van der Waals surface area contributed by atoms with E-state index in [1.165, 1.54) is 31.2 Å². The summed E-state index contributed by atoms with van der Waals surface area (Å²) in [5, 5.41) is 2.20. The lowest BCUT2D eigenvalue weighted by Crippen LogP contribution is -2.21. The van der Waals surface area contributed by atoms with Crippen molar-refractivity contribution in [2.45, 2.75) is 19.3 Å². The molecule has 1 aromatic carbocycles. The van der Waals surface area contributed by atoms with E-state index in [9.17, 15) is 31.1 Å². The SMILES string of the molecule is C/C(=C/C(=O)C(F)(F)F)Nc1cccc(Oc2ncc(C(F)(F)F)cc2Cl)c1. The number of rotatable bonds is 5. The number of halogens is 7. The van der Waals surface area contributed by atoms with Gasteiger partial charge < -0.3 is 10.1 Å². The third kappa shape index (κ3) is 5.88. The number of ketones is 1. The molecule has 28 heavy (non-hydrogen) atoms. The smallest absolute Gasteiger partial charge is 0.437 e. The number of anilines is 1. The molecule has 150 valence electrons. The number of hydrogen-bond acceptors (Lipinski definition) is 4. The lowest BCUT2D eigenvalue weighted by atomic mass is 10.2. The molecule has 4 nitrogen and oxygen atoms in total. The molecular formula is C17H11ClF6N2O2. The van der Waals surface area contributed by atoms with Crippen LogP contribution < -0.4 is 10.1 Å². The number of carbonyl (C=O) groups is 1. The first-order valence-corrected chi connectivity index (χ1v) is 7.81. The zero-order valence-corrected chi connectivity index (χ0v) is 14.7. The van der Waals surface area contributed by atoms with E-state index in [2.05, 4.69) is 10.3 Å². The predicted octanol–water partition coefficient (Wildman–Crippen LogP) is 5.99. The summed E-state index contributed by atoms with van der Waals surface area (Å²) >= 11 is 5.75. The van der Waals surface area contributed by atoms with Crippen LogP contribution in [0.2, 0.25) is 5.02 Å². The minimum Gasteiger partial charge on any atom is -0.437 e. The Morgan fingerprint density at radius 1 is 1.18 bits per heavy atom. The van der Waals surface area contributed by atoms with Crippen molar-refractivity contribution < 1.29 is 35.9 Å². The van der Waals surface area contributed by atoms with E-state index in [0.717, 1.165) is 0 Å². The summed E-state index contributed by atoms with van der Waals surface area (Å²) in [6, 6.07) is 6.37. The Hall–Kier alpha value is -2.75. The van der Waals surface area contributed by atoms with Gasteiger partial charge in [-0.15, -0.1) is 0 Å². The van der Waals surface area contributed by atoms with Gasteiger partial charge >= 0.3 is 12.4 Å². The molecule has 0 radical (unpaired) electrons. The molecule has 0 saturated carbocycles. The van der Waals surface area contributed by atoms with Crippen molar-refractivity contribution >= 4 is 23.1 Å². The van der Waals surface area contributed by atoms with Crippen LogP contribution in [-0.4, -0.2) is 16.9 Å². The number of carbonyl (C=O) groups excluding carboxylic acids is 1. The fraction of sp³-hybridized carbons (Fsp3) is 0.176. The molecule has 1 aromatic heterocycles. The molecule has 0 amide bonds. The van der Waals surface area contributed by atoms with Gasteiger partial charge in [0.2, 0.25) is 5.88 Å². The summed E-state index contributed by atoms with van der Waals surface area (Å²) in [7, 11) is 0. The van der Waals surface area contributed by atoms with Crippen LogP contribution in [0.1, 0.15) is 12.5 Å². The summed E-state index contributed by atoms with van der Waals surface area (Å²) in [6.07, 6.45) is -8.66. The maximum atomic E-state index is 12.6. The molecule has 0 aliphatic rings. The highest BCUT2D eigenvalue weighted by molar-refractivity contribution is 6.31. The number of hydrogen-bond donors (Lipinski definition) is 1. The van der Waals surface area contributed by atoms with Gasteiger partial charge in [-0.3, -0.25) is 4.79 Å². The van der Waals surface area contributed by atoms with E-state index in [1.54, 1.807) is 0 Å². The van der Waals surface area contributed by atoms with Crippen LogP contribution in [0.3, 0.4) is 0 Å². The van der Waals surface area contributed by atoms with E-state index in [0.29, 0.717) is 18.3 Å². The lowest BCUT2D eigenvalue weighted by molar-refractivity contribution is -0.165. The van der Waals surface area contributed by atoms with E-state index in [-0.39, 0.29) is 28.0 Å². The number of nitrogens with one attached hydrogen (secondary N) is 1. The highest BCUT2D eigenvalue weighted by Crippen LogP contribution is 2.35. The summed E-state index contributed by atoms with van der Waals surface area (Å²) in [5.74, 6) is -2.20. The van der Waals surface area contributed by atoms with E-state index in [4.69, 9.17) is 16.3 Å². The Labute approximate surface area is 159 Å². The minimum atomic E-state index is -4.99. The van der Waals surface area contributed by atoms with Crippen molar-refractivity contribution in [2.24, 2.45) is 0 Å². The van der Waals surface area contributed by atoms with E-state index in [1.807, 2.05) is 0 Å². The molecular weight excluding hydrogens is 414 g/mol. The van der Waals surface area contributed by atoms with E-state index < -0.39 is 23.7 Å². The second-order valence-electron chi connectivity index (χ2n) is 5.45. The van der Waals surface area contributed by atoms with Gasteiger partial charge in [-0.25, -0.2) is 4.98 Å². The summed E-state index contributed by atoms with van der Waals surface area (Å²) in [4.78, 5) is 14.5. The molecule has 1 N–H and O–H groups in total. The van der Waals surface area contributed by atoms with Crippen molar-refractivity contribution in [2.75, 3.05) is 5.32 Å². The van der Waals surface area contributed by atoms with Crippen LogP contribution in [0.4, 0.5) is 32.0 Å². The van der Waals surface area contributed by atoms with Gasteiger partial charge in [-0.05, 0) is 25.1 Å². The van der Waals surface area contributed by atoms with Crippen molar-refractivity contribution in [1.82, 2.24) is 4.98 Å². The Kier molecular flexibility index (Phi) is 6.23. The Morgan fingerprint density at radius 2 is 1.86 bits per heavy atom. The topological polar surface area (TPSA) is 51.2 Å². The number of ether oxygens (including phenoxy) is 1. The van der Waals surface area contributed by atoms with Gasteiger partial charge in [0, 0.05) is 29.7 Å². The zero-order valence-electron chi connectivity index (χ0n) is 14.0. The normalized spacial score (nSPS) is 12.6. The first-order valence-electron chi connectivity index (χ1n) is 7.43. The standard InChI is InChI=1S/C17H11ClF6N2O2/c1-9(5-14(27)17(22,23)24)26-11-3-2-4-12(7-11)28-15-13(18)6-10(8-25-15)16(19,20)21/h2-8,26H,1H3/b9-5-. The molecule has 0 aliphatic carbocycles. The molecule has 1 heterocycles. The fourth-order valence-corrected chi connectivity index (χ4v) is 2.15. The van der Waals surface area contributed by atoms with Crippen LogP contribution in [0.5, 0.6) is 11.6 Å². The largest absolute Gasteiger partial charge is 0.454 e. The molecule has 0 aliphatic heterocycles. The minimum absolute atomic E-state index is 0.0786. The van der Waals surface area contributed by atoms with Crippen LogP contribution in [0, 0.1) is 0 Å². The van der Waals surface area contributed by atoms with Crippen LogP contribution in [-0.2, 0) is 11.0 Å². The maximum absolute atomic E-state index is 12.6. The number of allylic oxidation sites excluding steroid dienone is 2. The molecule has 11 heteroatoms. The van der Waals surface area contributed by atoms with E-state index >= 15 is 0 Å².